The van der Waals surface area contributed by atoms with Crippen molar-refractivity contribution in [3.05, 3.63) is 224 Å². The van der Waals surface area contributed by atoms with Crippen molar-refractivity contribution in [1.82, 2.24) is 13.7 Å². The Hall–Kier alpha value is -8.18. The molecule has 0 bridgehead atoms. The summed E-state index contributed by atoms with van der Waals surface area (Å²) in [6.45, 7) is 0. The van der Waals surface area contributed by atoms with Gasteiger partial charge in [-0.15, -0.1) is 11.3 Å². The van der Waals surface area contributed by atoms with Gasteiger partial charge in [0.15, 0.2) is 0 Å². The van der Waals surface area contributed by atoms with Crippen LogP contribution in [-0.4, -0.2) is 13.7 Å². The molecule has 298 valence electrons. The lowest BCUT2D eigenvalue weighted by atomic mass is 9.90. The Morgan fingerprint density at radius 2 is 0.766 bits per heavy atom. The van der Waals surface area contributed by atoms with Crippen molar-refractivity contribution in [2.45, 2.75) is 0 Å². The predicted octanol–water partition coefficient (Wildman–Crippen LogP) is 16.7. The van der Waals surface area contributed by atoms with Gasteiger partial charge in [-0.3, -0.25) is 0 Å². The Kier molecular flexibility index (Phi) is 7.56. The van der Waals surface area contributed by atoms with E-state index in [2.05, 4.69) is 238 Å². The second-order valence-electron chi connectivity index (χ2n) is 16.9. The first-order chi connectivity index (χ1) is 31.8. The second-order valence-corrected chi connectivity index (χ2v) is 17.9. The van der Waals surface area contributed by atoms with Crippen LogP contribution in [0.15, 0.2) is 224 Å². The summed E-state index contributed by atoms with van der Waals surface area (Å²) in [5.74, 6) is 0. The highest BCUT2D eigenvalue weighted by atomic mass is 32.1. The molecule has 3 nitrogen and oxygen atoms in total. The fourth-order valence-electron chi connectivity index (χ4n) is 10.7. The minimum absolute atomic E-state index is 1.14. The number of fused-ring (bicyclic) bond motifs is 12. The SMILES string of the molecule is c1ccc(-c2cc3c4ccccc4n(-c4ccc5sc6ccccc6c5c4)c3cc2-c2cccc3c2c2ccccc2n3-c2ccc3c(c2)c2ccccc2n3-c2ccccc2)cc1. The summed E-state index contributed by atoms with van der Waals surface area (Å²) in [6.07, 6.45) is 0. The van der Waals surface area contributed by atoms with Crippen LogP contribution in [0.4, 0.5) is 0 Å². The summed E-state index contributed by atoms with van der Waals surface area (Å²) in [5, 5.41) is 10.0. The van der Waals surface area contributed by atoms with Crippen LogP contribution in [0.1, 0.15) is 0 Å². The molecule has 4 aromatic heterocycles. The third-order valence-corrected chi connectivity index (χ3v) is 14.6. The van der Waals surface area contributed by atoms with E-state index in [9.17, 15) is 0 Å². The molecule has 0 spiro atoms. The second kappa shape index (κ2) is 13.7. The molecule has 0 atom stereocenters. The van der Waals surface area contributed by atoms with E-state index in [-0.39, 0.29) is 0 Å². The summed E-state index contributed by atoms with van der Waals surface area (Å²) < 4.78 is 9.97. The molecule has 4 heteroatoms. The lowest BCUT2D eigenvalue weighted by molar-refractivity contribution is 1.17. The molecule has 0 saturated carbocycles. The monoisotopic (exact) mass is 831 g/mol. The smallest absolute Gasteiger partial charge is 0.0547 e. The molecule has 0 aliphatic carbocycles. The molecule has 0 fully saturated rings. The van der Waals surface area contributed by atoms with Crippen LogP contribution in [0.2, 0.25) is 0 Å². The molecular formula is C60H37N3S. The van der Waals surface area contributed by atoms with Crippen LogP contribution in [0.5, 0.6) is 0 Å². The van der Waals surface area contributed by atoms with Gasteiger partial charge in [-0.05, 0) is 113 Å². The highest BCUT2D eigenvalue weighted by Crippen LogP contribution is 2.46. The zero-order valence-corrected chi connectivity index (χ0v) is 35.4. The summed E-state index contributed by atoms with van der Waals surface area (Å²) in [5.41, 5.74) is 15.5. The number of hydrogen-bond acceptors (Lipinski definition) is 1. The highest BCUT2D eigenvalue weighted by Gasteiger charge is 2.23. The van der Waals surface area contributed by atoms with Crippen molar-refractivity contribution in [2.24, 2.45) is 0 Å². The lowest BCUT2D eigenvalue weighted by Gasteiger charge is -2.15. The normalized spacial score (nSPS) is 12.1. The van der Waals surface area contributed by atoms with E-state index >= 15 is 0 Å². The minimum Gasteiger partial charge on any atom is -0.309 e. The van der Waals surface area contributed by atoms with Gasteiger partial charge in [0.25, 0.3) is 0 Å². The van der Waals surface area contributed by atoms with Crippen molar-refractivity contribution in [1.29, 1.82) is 0 Å². The minimum atomic E-state index is 1.14. The Bertz CT molecular complexity index is 4180. The number of aromatic nitrogens is 3. The van der Waals surface area contributed by atoms with Crippen LogP contribution in [0.25, 0.3) is 125 Å². The highest BCUT2D eigenvalue weighted by molar-refractivity contribution is 7.25. The first kappa shape index (κ1) is 35.4. The Balaban J connectivity index is 1.05. The van der Waals surface area contributed by atoms with Crippen LogP contribution >= 0.6 is 11.3 Å². The predicted molar refractivity (Wildman–Crippen MR) is 273 cm³/mol. The maximum atomic E-state index is 2.49. The number of rotatable bonds is 5. The average molecular weight is 832 g/mol. The van der Waals surface area contributed by atoms with Crippen LogP contribution in [-0.2, 0) is 0 Å². The summed E-state index contributed by atoms with van der Waals surface area (Å²) in [4.78, 5) is 0. The quantitative estimate of drug-likeness (QED) is 0.164. The van der Waals surface area contributed by atoms with Crippen LogP contribution in [0.3, 0.4) is 0 Å². The van der Waals surface area contributed by atoms with Crippen molar-refractivity contribution in [2.75, 3.05) is 0 Å². The van der Waals surface area contributed by atoms with Gasteiger partial charge in [0.05, 0.1) is 33.1 Å². The molecule has 4 heterocycles. The van der Waals surface area contributed by atoms with Gasteiger partial charge in [-0.25, -0.2) is 0 Å². The third-order valence-electron chi connectivity index (χ3n) is 13.4. The standard InChI is InChI=1S/C60H37N3S/c1-3-16-38(17-4-1)47-36-50-43-21-8-12-26-53(43)63(41-31-33-59-51(35-41)44-22-10-14-29-58(44)64-59)57(50)37-48(47)45-24-15-28-56-60(45)46-23-9-13-27-54(46)62(56)40-30-32-55-49(34-40)42-20-7-11-25-52(42)61(55)39-18-5-2-6-19-39/h1-37H. The number of benzene rings is 10. The van der Waals surface area contributed by atoms with E-state index in [1.165, 1.54) is 114 Å². The summed E-state index contributed by atoms with van der Waals surface area (Å²) in [6, 6.07) is 82.8. The molecule has 0 radical (unpaired) electrons. The maximum Gasteiger partial charge on any atom is 0.0547 e. The van der Waals surface area contributed by atoms with Crippen molar-refractivity contribution in [3.63, 3.8) is 0 Å². The first-order valence-corrected chi connectivity index (χ1v) is 22.7. The Labute approximate surface area is 372 Å². The zero-order valence-electron chi connectivity index (χ0n) is 34.6. The zero-order chi connectivity index (χ0) is 41.9. The molecule has 0 amide bonds. The van der Waals surface area contributed by atoms with E-state index in [1.807, 2.05) is 11.3 Å². The topological polar surface area (TPSA) is 14.8 Å². The summed E-state index contributed by atoms with van der Waals surface area (Å²) >= 11 is 1.86. The molecule has 0 aliphatic rings. The molecule has 0 aliphatic heterocycles. The van der Waals surface area contributed by atoms with Gasteiger partial charge < -0.3 is 13.7 Å². The largest absolute Gasteiger partial charge is 0.309 e. The van der Waals surface area contributed by atoms with Crippen molar-refractivity contribution < 1.29 is 0 Å². The van der Waals surface area contributed by atoms with Crippen molar-refractivity contribution >= 4 is 96.9 Å². The number of para-hydroxylation sites is 4. The van der Waals surface area contributed by atoms with Gasteiger partial charge >= 0.3 is 0 Å². The van der Waals surface area contributed by atoms with E-state index in [0.717, 1.165) is 11.4 Å². The number of hydrogen-bond donors (Lipinski definition) is 0. The Morgan fingerprint density at radius 3 is 1.52 bits per heavy atom. The van der Waals surface area contributed by atoms with E-state index in [4.69, 9.17) is 0 Å². The molecule has 0 N–H and O–H groups in total. The van der Waals surface area contributed by atoms with Crippen LogP contribution in [0, 0.1) is 0 Å². The molecule has 10 aromatic carbocycles. The molecule has 64 heavy (non-hydrogen) atoms. The van der Waals surface area contributed by atoms with Gasteiger partial charge in [0, 0.05) is 69.6 Å². The van der Waals surface area contributed by atoms with Crippen LogP contribution < -0.4 is 0 Å². The fraction of sp³-hybridized carbons (Fsp3) is 0. The molecule has 14 aromatic rings. The molecule has 14 rings (SSSR count). The molecular weight excluding hydrogens is 795 g/mol. The molecule has 0 unspecified atom stereocenters. The van der Waals surface area contributed by atoms with Crippen molar-refractivity contribution in [3.8, 4) is 39.3 Å². The van der Waals surface area contributed by atoms with Gasteiger partial charge in [-0.1, -0.05) is 133 Å². The fourth-order valence-corrected chi connectivity index (χ4v) is 11.8. The average Bonchev–Trinajstić information content (AvgIpc) is 4.10. The molecule has 0 saturated heterocycles. The Morgan fingerprint density at radius 1 is 0.250 bits per heavy atom. The maximum absolute atomic E-state index is 2.49. The summed E-state index contributed by atoms with van der Waals surface area (Å²) in [7, 11) is 0. The number of nitrogens with zero attached hydrogens (tertiary/aromatic N) is 3. The van der Waals surface area contributed by atoms with E-state index < -0.39 is 0 Å². The lowest BCUT2D eigenvalue weighted by Crippen LogP contribution is -1.96. The van der Waals surface area contributed by atoms with Gasteiger partial charge in [0.1, 0.15) is 0 Å². The van der Waals surface area contributed by atoms with Gasteiger partial charge in [-0.2, -0.15) is 0 Å². The van der Waals surface area contributed by atoms with E-state index in [1.54, 1.807) is 0 Å². The number of thiophene rings is 1. The third kappa shape index (κ3) is 5.09. The van der Waals surface area contributed by atoms with Gasteiger partial charge in [0.2, 0.25) is 0 Å². The first-order valence-electron chi connectivity index (χ1n) is 21.9. The van der Waals surface area contributed by atoms with E-state index in [0.29, 0.717) is 0 Å².